The summed E-state index contributed by atoms with van der Waals surface area (Å²) in [5, 5.41) is 12.2. The van der Waals surface area contributed by atoms with E-state index in [-0.39, 0.29) is 0 Å². The zero-order valence-electron chi connectivity index (χ0n) is 8.87. The third kappa shape index (κ3) is 2.26. The Morgan fingerprint density at radius 3 is 2.86 bits per heavy atom. The molecule has 2 atom stereocenters. The van der Waals surface area contributed by atoms with Gasteiger partial charge in [-0.1, -0.05) is 6.92 Å². The summed E-state index contributed by atoms with van der Waals surface area (Å²) >= 11 is 0. The van der Waals surface area contributed by atoms with Crippen LogP contribution in [0.5, 0.6) is 0 Å². The molecule has 3 heteroatoms. The molecule has 1 aliphatic carbocycles. The summed E-state index contributed by atoms with van der Waals surface area (Å²) in [4.78, 5) is 2.56. The summed E-state index contributed by atoms with van der Waals surface area (Å²) < 4.78 is 0. The lowest BCUT2D eigenvalue weighted by Gasteiger charge is -2.28. The molecule has 2 rings (SSSR count). The molecule has 0 radical (unpaired) electrons. The summed E-state index contributed by atoms with van der Waals surface area (Å²) in [6, 6.07) is 3.55. The van der Waals surface area contributed by atoms with Crippen LogP contribution in [0.4, 0.5) is 0 Å². The third-order valence-electron chi connectivity index (χ3n) is 3.21. The lowest BCUT2D eigenvalue weighted by molar-refractivity contribution is 0.184. The quantitative estimate of drug-likeness (QED) is 0.710. The van der Waals surface area contributed by atoms with Gasteiger partial charge in [-0.25, -0.2) is 0 Å². The molecule has 1 saturated heterocycles. The monoisotopic (exact) mass is 193 g/mol. The van der Waals surface area contributed by atoms with Crippen molar-refractivity contribution < 1.29 is 0 Å². The third-order valence-corrected chi connectivity index (χ3v) is 3.21. The maximum atomic E-state index is 8.79. The molecule has 1 N–H and O–H groups in total. The fraction of sp³-hybridized carbons (Fsp3) is 0.909. The first-order valence-electron chi connectivity index (χ1n) is 5.64. The van der Waals surface area contributed by atoms with E-state index in [0.717, 1.165) is 25.0 Å². The molecule has 78 valence electrons. The van der Waals surface area contributed by atoms with Crippen molar-refractivity contribution in [2.24, 2.45) is 5.92 Å². The van der Waals surface area contributed by atoms with Crippen LogP contribution in [0.1, 0.15) is 26.2 Å². The first-order chi connectivity index (χ1) is 6.81. The molecule has 2 unspecified atom stereocenters. The average Bonchev–Trinajstić information content (AvgIpc) is 2.94. The standard InChI is InChI=1S/C11H19N3/c1-9-6-13-7-11(4-5-12)14(8-9)10-2-3-10/h9-11,13H,2-4,6-8H2,1H3. The Balaban J connectivity index is 2.00. The molecule has 0 aromatic rings. The van der Waals surface area contributed by atoms with Gasteiger partial charge in [0.1, 0.15) is 0 Å². The number of nitrogens with zero attached hydrogens (tertiary/aromatic N) is 2. The van der Waals surface area contributed by atoms with E-state index in [1.165, 1.54) is 19.4 Å². The van der Waals surface area contributed by atoms with Crippen LogP contribution in [0.15, 0.2) is 0 Å². The molecule has 0 aromatic heterocycles. The van der Waals surface area contributed by atoms with Crippen LogP contribution in [-0.4, -0.2) is 36.6 Å². The SMILES string of the molecule is CC1CNCC(CC#N)N(C2CC2)C1. The summed E-state index contributed by atoms with van der Waals surface area (Å²) in [6.45, 7) is 5.56. The molecule has 0 aromatic carbocycles. The smallest absolute Gasteiger partial charge is 0.0638 e. The first kappa shape index (κ1) is 9.95. The zero-order chi connectivity index (χ0) is 9.97. The summed E-state index contributed by atoms with van der Waals surface area (Å²) in [6.07, 6.45) is 3.36. The second kappa shape index (κ2) is 4.29. The van der Waals surface area contributed by atoms with Gasteiger partial charge in [0.25, 0.3) is 0 Å². The Morgan fingerprint density at radius 1 is 1.43 bits per heavy atom. The fourth-order valence-corrected chi connectivity index (χ4v) is 2.34. The largest absolute Gasteiger partial charge is 0.315 e. The highest BCUT2D eigenvalue weighted by molar-refractivity contribution is 4.95. The van der Waals surface area contributed by atoms with Crippen molar-refractivity contribution in [3.63, 3.8) is 0 Å². The van der Waals surface area contributed by atoms with E-state index in [1.54, 1.807) is 0 Å². The highest BCUT2D eigenvalue weighted by atomic mass is 15.2. The van der Waals surface area contributed by atoms with E-state index in [0.29, 0.717) is 12.5 Å². The topological polar surface area (TPSA) is 39.1 Å². The number of hydrogen-bond donors (Lipinski definition) is 1. The van der Waals surface area contributed by atoms with E-state index in [1.807, 2.05) is 0 Å². The molecule has 3 nitrogen and oxygen atoms in total. The molecular weight excluding hydrogens is 174 g/mol. The Labute approximate surface area is 86.1 Å². The van der Waals surface area contributed by atoms with E-state index in [4.69, 9.17) is 5.26 Å². The minimum atomic E-state index is 0.456. The molecule has 2 fully saturated rings. The maximum absolute atomic E-state index is 8.79. The van der Waals surface area contributed by atoms with Gasteiger partial charge in [-0.3, -0.25) is 4.90 Å². The minimum Gasteiger partial charge on any atom is -0.315 e. The lowest BCUT2D eigenvalue weighted by atomic mass is 10.1. The molecule has 14 heavy (non-hydrogen) atoms. The van der Waals surface area contributed by atoms with Crippen LogP contribution in [0, 0.1) is 17.2 Å². The normalized spacial score (nSPS) is 34.9. The van der Waals surface area contributed by atoms with Crippen molar-refractivity contribution in [3.8, 4) is 6.07 Å². The Bertz CT molecular complexity index is 229. The van der Waals surface area contributed by atoms with Crippen molar-refractivity contribution >= 4 is 0 Å². The van der Waals surface area contributed by atoms with Crippen LogP contribution >= 0.6 is 0 Å². The van der Waals surface area contributed by atoms with Gasteiger partial charge in [0.2, 0.25) is 0 Å². The van der Waals surface area contributed by atoms with Crippen molar-refractivity contribution in [1.29, 1.82) is 5.26 Å². The predicted octanol–water partition coefficient (Wildman–Crippen LogP) is 0.972. The van der Waals surface area contributed by atoms with Gasteiger partial charge in [0.05, 0.1) is 12.5 Å². The minimum absolute atomic E-state index is 0.456. The Hall–Kier alpha value is -0.590. The van der Waals surface area contributed by atoms with Gasteiger partial charge >= 0.3 is 0 Å². The van der Waals surface area contributed by atoms with Crippen molar-refractivity contribution in [2.75, 3.05) is 19.6 Å². The van der Waals surface area contributed by atoms with E-state index in [9.17, 15) is 0 Å². The van der Waals surface area contributed by atoms with Crippen LogP contribution in [0.2, 0.25) is 0 Å². The summed E-state index contributed by atoms with van der Waals surface area (Å²) in [7, 11) is 0. The molecule has 0 amide bonds. The van der Waals surface area contributed by atoms with E-state index in [2.05, 4.69) is 23.2 Å². The van der Waals surface area contributed by atoms with E-state index >= 15 is 0 Å². The Morgan fingerprint density at radius 2 is 2.21 bits per heavy atom. The molecule has 2 aliphatic rings. The predicted molar refractivity (Wildman–Crippen MR) is 55.8 cm³/mol. The number of nitriles is 1. The summed E-state index contributed by atoms with van der Waals surface area (Å²) in [5.74, 6) is 0.722. The molecule has 0 spiro atoms. The molecule has 1 saturated carbocycles. The maximum Gasteiger partial charge on any atom is 0.0638 e. The van der Waals surface area contributed by atoms with Gasteiger partial charge in [0.15, 0.2) is 0 Å². The molecule has 0 bridgehead atoms. The lowest BCUT2D eigenvalue weighted by Crippen LogP contribution is -2.41. The highest BCUT2D eigenvalue weighted by Gasteiger charge is 2.35. The van der Waals surface area contributed by atoms with Crippen molar-refractivity contribution in [2.45, 2.75) is 38.3 Å². The van der Waals surface area contributed by atoms with Gasteiger partial charge in [-0.15, -0.1) is 0 Å². The highest BCUT2D eigenvalue weighted by Crippen LogP contribution is 2.30. The van der Waals surface area contributed by atoms with Crippen LogP contribution in [0.3, 0.4) is 0 Å². The van der Waals surface area contributed by atoms with Crippen molar-refractivity contribution in [3.05, 3.63) is 0 Å². The van der Waals surface area contributed by atoms with Crippen LogP contribution in [-0.2, 0) is 0 Å². The van der Waals surface area contributed by atoms with Crippen molar-refractivity contribution in [1.82, 2.24) is 10.2 Å². The molecule has 1 heterocycles. The molecular formula is C11H19N3. The first-order valence-corrected chi connectivity index (χ1v) is 5.64. The van der Waals surface area contributed by atoms with Crippen LogP contribution < -0.4 is 5.32 Å². The van der Waals surface area contributed by atoms with Gasteiger partial charge in [-0.2, -0.15) is 5.26 Å². The number of rotatable bonds is 2. The summed E-state index contributed by atoms with van der Waals surface area (Å²) in [5.41, 5.74) is 0. The van der Waals surface area contributed by atoms with Gasteiger partial charge in [0, 0.05) is 25.2 Å². The Kier molecular flexibility index (Phi) is 3.05. The second-order valence-electron chi connectivity index (χ2n) is 4.71. The zero-order valence-corrected chi connectivity index (χ0v) is 8.87. The van der Waals surface area contributed by atoms with E-state index < -0.39 is 0 Å². The number of hydrogen-bond acceptors (Lipinski definition) is 3. The van der Waals surface area contributed by atoms with Gasteiger partial charge in [-0.05, 0) is 25.3 Å². The molecule has 1 aliphatic heterocycles. The second-order valence-corrected chi connectivity index (χ2v) is 4.71. The average molecular weight is 193 g/mol. The fourth-order valence-electron chi connectivity index (χ4n) is 2.34. The van der Waals surface area contributed by atoms with Crippen LogP contribution in [0.25, 0.3) is 0 Å². The number of nitrogens with one attached hydrogen (secondary N) is 1. The van der Waals surface area contributed by atoms with Gasteiger partial charge < -0.3 is 5.32 Å².